The minimum absolute atomic E-state index is 0.0831. The molecule has 1 aliphatic heterocycles. The monoisotopic (exact) mass is 398 g/mol. The maximum atomic E-state index is 13.3. The molecule has 0 radical (unpaired) electrons. The van der Waals surface area contributed by atoms with Gasteiger partial charge in [-0.2, -0.15) is 11.8 Å². The summed E-state index contributed by atoms with van der Waals surface area (Å²) in [6, 6.07) is -0.978. The van der Waals surface area contributed by atoms with Crippen molar-refractivity contribution in [3.63, 3.8) is 0 Å². The summed E-state index contributed by atoms with van der Waals surface area (Å²) in [5.74, 6) is 0.0421. The molecule has 11 nitrogen and oxygen atoms in total. The second kappa shape index (κ2) is 7.66. The van der Waals surface area contributed by atoms with Crippen molar-refractivity contribution in [3.8, 4) is 0 Å². The molecule has 27 heavy (non-hydrogen) atoms. The highest BCUT2D eigenvalue weighted by atomic mass is 32.2. The van der Waals surface area contributed by atoms with Crippen LogP contribution in [0, 0.1) is 0 Å². The lowest BCUT2D eigenvalue weighted by atomic mass is 9.93. The normalized spacial score (nSPS) is 29.3. The van der Waals surface area contributed by atoms with Gasteiger partial charge in [0.15, 0.2) is 11.5 Å². The Morgan fingerprint density at radius 3 is 2.81 bits per heavy atom. The molecule has 0 aromatic carbocycles. The summed E-state index contributed by atoms with van der Waals surface area (Å²) >= 11 is 1.52. The zero-order valence-electron chi connectivity index (χ0n) is 14.6. The van der Waals surface area contributed by atoms with Crippen molar-refractivity contribution in [1.29, 1.82) is 0 Å². The first-order valence-electron chi connectivity index (χ1n) is 8.26. The number of fused-ring (bicyclic) bond motifs is 1. The Labute approximate surface area is 158 Å². The number of aromatic nitrogens is 4. The van der Waals surface area contributed by atoms with Crippen LogP contribution in [0.4, 0.5) is 5.82 Å². The van der Waals surface area contributed by atoms with Gasteiger partial charge in [0.25, 0.3) is 0 Å². The van der Waals surface area contributed by atoms with Gasteiger partial charge >= 0.3 is 0 Å². The molecule has 1 fully saturated rings. The maximum Gasteiger partial charge on any atom is 0.238 e. The molecule has 0 aliphatic carbocycles. The van der Waals surface area contributed by atoms with Crippen molar-refractivity contribution >= 4 is 34.5 Å². The Balaban J connectivity index is 2.16. The highest BCUT2D eigenvalue weighted by Crippen LogP contribution is 2.39. The molecule has 3 heterocycles. The van der Waals surface area contributed by atoms with Crippen molar-refractivity contribution in [2.24, 2.45) is 5.73 Å². The maximum absolute atomic E-state index is 13.3. The molecule has 2 aromatic rings. The number of imidazole rings is 1. The number of hydrogen-bond acceptors (Lipinski definition) is 11. The largest absolute Gasteiger partial charge is 0.394 e. The summed E-state index contributed by atoms with van der Waals surface area (Å²) in [6.07, 6.45) is 0.227. The van der Waals surface area contributed by atoms with Crippen molar-refractivity contribution in [2.45, 2.75) is 36.5 Å². The van der Waals surface area contributed by atoms with E-state index in [0.29, 0.717) is 12.2 Å². The van der Waals surface area contributed by atoms with Crippen LogP contribution in [0.3, 0.4) is 0 Å². The number of ketones is 1. The van der Waals surface area contributed by atoms with Crippen LogP contribution in [0.25, 0.3) is 11.2 Å². The standard InChI is InChI=1S/C15H22N6O5S/c1-27-3-2-7(16)11(24)15(12(25)10(23)8(4-22)26-15)21-6-20-9-13(17)18-5-19-14(9)21/h5-8,10,12,22-23,25H,2-4,16H2,1H3,(H2,17,18,19)/t7-,8+,10+,12+,15+/m0/s1. The Morgan fingerprint density at radius 1 is 1.44 bits per heavy atom. The highest BCUT2D eigenvalue weighted by molar-refractivity contribution is 7.98. The summed E-state index contributed by atoms with van der Waals surface area (Å²) in [5, 5.41) is 30.6. The first-order valence-corrected chi connectivity index (χ1v) is 9.65. The van der Waals surface area contributed by atoms with Gasteiger partial charge in [0, 0.05) is 0 Å². The Bertz CT molecular complexity index is 834. The van der Waals surface area contributed by atoms with Crippen LogP contribution in [-0.2, 0) is 15.3 Å². The molecule has 0 unspecified atom stereocenters. The van der Waals surface area contributed by atoms with E-state index in [0.717, 1.165) is 0 Å². The summed E-state index contributed by atoms with van der Waals surface area (Å²) in [4.78, 5) is 25.3. The quantitative estimate of drug-likeness (QED) is 0.342. The number of aliphatic hydroxyl groups excluding tert-OH is 3. The summed E-state index contributed by atoms with van der Waals surface area (Å²) in [6.45, 7) is -0.600. The van der Waals surface area contributed by atoms with Gasteiger partial charge < -0.3 is 31.5 Å². The minimum atomic E-state index is -2.10. The summed E-state index contributed by atoms with van der Waals surface area (Å²) in [5.41, 5.74) is 10.1. The Morgan fingerprint density at radius 2 is 2.19 bits per heavy atom. The van der Waals surface area contributed by atoms with Gasteiger partial charge in [0.1, 0.15) is 36.5 Å². The molecule has 0 amide bonds. The van der Waals surface area contributed by atoms with Gasteiger partial charge in [0.05, 0.1) is 12.6 Å². The van der Waals surface area contributed by atoms with E-state index < -0.39 is 42.5 Å². The SMILES string of the molecule is CSCC[C@H](N)C(=O)[C@@]1(n2cnc3c(N)ncnc32)O[C@H](CO)[C@@H](O)[C@H]1O. The summed E-state index contributed by atoms with van der Waals surface area (Å²) < 4.78 is 6.91. The number of nitrogens with zero attached hydrogens (tertiary/aromatic N) is 4. The van der Waals surface area contributed by atoms with E-state index in [1.54, 1.807) is 0 Å². The average molecular weight is 398 g/mol. The van der Waals surface area contributed by atoms with Gasteiger partial charge in [-0.15, -0.1) is 0 Å². The van der Waals surface area contributed by atoms with Crippen molar-refractivity contribution in [1.82, 2.24) is 19.5 Å². The molecule has 2 aromatic heterocycles. The molecule has 0 spiro atoms. The van der Waals surface area contributed by atoms with Crippen molar-refractivity contribution in [3.05, 3.63) is 12.7 Å². The average Bonchev–Trinajstić information content (AvgIpc) is 3.21. The molecule has 5 atom stereocenters. The number of Topliss-reactive ketones (excluding diaryl/α,β-unsaturated/α-hetero) is 1. The number of nitrogens with two attached hydrogens (primary N) is 2. The number of aliphatic hydroxyl groups is 3. The van der Waals surface area contributed by atoms with Gasteiger partial charge in [-0.3, -0.25) is 9.36 Å². The predicted octanol–water partition coefficient (Wildman–Crippen LogP) is -2.18. The van der Waals surface area contributed by atoms with E-state index in [4.69, 9.17) is 16.2 Å². The molecular weight excluding hydrogens is 376 g/mol. The van der Waals surface area contributed by atoms with Gasteiger partial charge in [-0.1, -0.05) is 0 Å². The predicted molar refractivity (Wildman–Crippen MR) is 97.7 cm³/mol. The Hall–Kier alpha value is -1.83. The van der Waals surface area contributed by atoms with E-state index in [1.165, 1.54) is 29.0 Å². The number of hydrogen-bond donors (Lipinski definition) is 5. The molecule has 1 aliphatic rings. The van der Waals surface area contributed by atoms with Crippen LogP contribution < -0.4 is 11.5 Å². The lowest BCUT2D eigenvalue weighted by molar-refractivity contribution is -0.175. The van der Waals surface area contributed by atoms with Crippen LogP contribution in [0.5, 0.6) is 0 Å². The molecule has 7 N–H and O–H groups in total. The van der Waals surface area contributed by atoms with E-state index >= 15 is 0 Å². The Kier molecular flexibility index (Phi) is 5.65. The fourth-order valence-electron chi connectivity index (χ4n) is 3.21. The fourth-order valence-corrected chi connectivity index (χ4v) is 3.70. The van der Waals surface area contributed by atoms with E-state index in [1.807, 2.05) is 6.26 Å². The lowest BCUT2D eigenvalue weighted by Crippen LogP contribution is -2.57. The molecule has 12 heteroatoms. The number of carbonyl (C=O) groups is 1. The van der Waals surface area contributed by atoms with Crippen molar-refractivity contribution < 1.29 is 24.9 Å². The molecule has 1 saturated heterocycles. The van der Waals surface area contributed by atoms with Crippen LogP contribution in [-0.4, -0.2) is 83.6 Å². The molecule has 3 rings (SSSR count). The van der Waals surface area contributed by atoms with E-state index in [-0.39, 0.29) is 17.0 Å². The third kappa shape index (κ3) is 3.07. The number of carbonyl (C=O) groups excluding carboxylic acids is 1. The van der Waals surface area contributed by atoms with Crippen LogP contribution in [0.15, 0.2) is 12.7 Å². The third-order valence-electron chi connectivity index (χ3n) is 4.66. The van der Waals surface area contributed by atoms with Crippen molar-refractivity contribution in [2.75, 3.05) is 24.3 Å². The smallest absolute Gasteiger partial charge is 0.238 e. The summed E-state index contributed by atoms with van der Waals surface area (Å²) in [7, 11) is 0. The topological polar surface area (TPSA) is 183 Å². The second-order valence-electron chi connectivity index (χ2n) is 6.27. The van der Waals surface area contributed by atoms with E-state index in [9.17, 15) is 20.1 Å². The molecule has 148 valence electrons. The highest BCUT2D eigenvalue weighted by Gasteiger charge is 2.61. The van der Waals surface area contributed by atoms with Gasteiger partial charge in [-0.05, 0) is 18.4 Å². The second-order valence-corrected chi connectivity index (χ2v) is 7.25. The lowest BCUT2D eigenvalue weighted by Gasteiger charge is -2.34. The number of thioether (sulfide) groups is 1. The number of anilines is 1. The number of rotatable bonds is 7. The minimum Gasteiger partial charge on any atom is -0.394 e. The van der Waals surface area contributed by atoms with Gasteiger partial charge in [0.2, 0.25) is 11.5 Å². The number of ether oxygens (including phenoxy) is 1. The first-order chi connectivity index (χ1) is 12.9. The third-order valence-corrected chi connectivity index (χ3v) is 5.30. The first kappa shape index (κ1) is 19.9. The molecule has 0 saturated carbocycles. The van der Waals surface area contributed by atoms with E-state index in [2.05, 4.69) is 15.0 Å². The van der Waals surface area contributed by atoms with Crippen LogP contribution >= 0.6 is 11.8 Å². The number of nitrogen functional groups attached to an aromatic ring is 1. The fraction of sp³-hybridized carbons (Fsp3) is 0.600. The van der Waals surface area contributed by atoms with Crippen LogP contribution in [0.1, 0.15) is 6.42 Å². The zero-order valence-corrected chi connectivity index (χ0v) is 15.4. The molecule has 0 bridgehead atoms. The van der Waals surface area contributed by atoms with Crippen LogP contribution in [0.2, 0.25) is 0 Å². The zero-order chi connectivity index (χ0) is 19.8. The molecular formula is C15H22N6O5S. The van der Waals surface area contributed by atoms with Gasteiger partial charge in [-0.25, -0.2) is 15.0 Å².